The molecule has 2 N–H and O–H groups in total. The fourth-order valence-electron chi connectivity index (χ4n) is 3.46. The Balaban J connectivity index is 1.54. The van der Waals surface area contributed by atoms with Gasteiger partial charge in [-0.1, -0.05) is 18.2 Å². The minimum atomic E-state index is -0.135. The summed E-state index contributed by atoms with van der Waals surface area (Å²) in [5.41, 5.74) is 1.40. The van der Waals surface area contributed by atoms with Crippen LogP contribution < -0.4 is 20.1 Å². The quantitative estimate of drug-likeness (QED) is 0.751. The smallest absolute Gasteiger partial charge is 0.238 e. The number of piperidine rings is 1. The number of methoxy groups -OCH3 is 2. The predicted molar refractivity (Wildman–Crippen MR) is 112 cm³/mol. The molecule has 1 aliphatic rings. The van der Waals surface area contributed by atoms with E-state index in [4.69, 9.17) is 9.47 Å². The topological polar surface area (TPSA) is 79.9 Å². The molecule has 2 aromatic carbocycles. The Kier molecular flexibility index (Phi) is 7.08. The number of carbonyl (C=O) groups excluding carboxylic acids is 2. The fraction of sp³-hybridized carbons (Fsp3) is 0.364. The molecule has 1 aliphatic heterocycles. The fourth-order valence-corrected chi connectivity index (χ4v) is 3.46. The van der Waals surface area contributed by atoms with Gasteiger partial charge in [0.25, 0.3) is 0 Å². The molecule has 0 unspecified atom stereocenters. The van der Waals surface area contributed by atoms with Crippen LogP contribution in [0.25, 0.3) is 0 Å². The number of nitrogens with zero attached hydrogens (tertiary/aromatic N) is 1. The Morgan fingerprint density at radius 1 is 1.00 bits per heavy atom. The molecule has 0 aromatic heterocycles. The first kappa shape index (κ1) is 20.7. The first-order valence-corrected chi connectivity index (χ1v) is 9.68. The van der Waals surface area contributed by atoms with Crippen molar-refractivity contribution < 1.29 is 19.1 Å². The van der Waals surface area contributed by atoms with Crippen LogP contribution in [0.5, 0.6) is 11.5 Å². The lowest BCUT2D eigenvalue weighted by Crippen LogP contribution is -2.43. The minimum Gasteiger partial charge on any atom is -0.497 e. The van der Waals surface area contributed by atoms with E-state index < -0.39 is 0 Å². The van der Waals surface area contributed by atoms with Gasteiger partial charge in [0.2, 0.25) is 11.8 Å². The monoisotopic (exact) mass is 397 g/mol. The molecule has 1 atom stereocenters. The lowest BCUT2D eigenvalue weighted by atomic mass is 9.97. The van der Waals surface area contributed by atoms with Crippen LogP contribution in [0.15, 0.2) is 48.5 Å². The van der Waals surface area contributed by atoms with Gasteiger partial charge in [-0.2, -0.15) is 0 Å². The van der Waals surface area contributed by atoms with E-state index in [2.05, 4.69) is 10.6 Å². The number of carbonyl (C=O) groups is 2. The molecule has 0 bridgehead atoms. The second kappa shape index (κ2) is 9.93. The third-order valence-corrected chi connectivity index (χ3v) is 4.92. The molecule has 7 heteroatoms. The minimum absolute atomic E-state index is 0.00107. The first-order chi connectivity index (χ1) is 14.1. The van der Waals surface area contributed by atoms with Crippen molar-refractivity contribution in [2.24, 2.45) is 5.92 Å². The molecule has 0 spiro atoms. The third-order valence-electron chi connectivity index (χ3n) is 4.92. The molecule has 29 heavy (non-hydrogen) atoms. The number of para-hydroxylation sites is 1. The Hall–Kier alpha value is -3.06. The number of amides is 2. The van der Waals surface area contributed by atoms with Crippen LogP contribution in [-0.4, -0.2) is 50.6 Å². The summed E-state index contributed by atoms with van der Waals surface area (Å²) in [6.07, 6.45) is 1.71. The van der Waals surface area contributed by atoms with Crippen molar-refractivity contribution in [3.05, 3.63) is 48.5 Å². The zero-order valence-corrected chi connectivity index (χ0v) is 16.8. The number of hydrogen-bond acceptors (Lipinski definition) is 5. The highest BCUT2D eigenvalue weighted by atomic mass is 16.5. The predicted octanol–water partition coefficient (Wildman–Crippen LogP) is 2.99. The lowest BCUT2D eigenvalue weighted by Gasteiger charge is -2.31. The average molecular weight is 397 g/mol. The van der Waals surface area contributed by atoms with Gasteiger partial charge in [0.1, 0.15) is 11.5 Å². The molecule has 0 saturated carbocycles. The standard InChI is InChI=1S/C22H27N3O4/c1-28-19-11-18(12-20(13-19)29-2)23-21(26)15-25-10-6-7-16(14-25)22(27)24-17-8-4-3-5-9-17/h3-5,8-9,11-13,16H,6-7,10,14-15H2,1-2H3,(H,23,26)(H,24,27)/t16-/m1/s1. The van der Waals surface area contributed by atoms with Crippen molar-refractivity contribution in [3.8, 4) is 11.5 Å². The number of likely N-dealkylation sites (tertiary alicyclic amines) is 1. The van der Waals surface area contributed by atoms with Crippen molar-refractivity contribution >= 4 is 23.2 Å². The summed E-state index contributed by atoms with van der Waals surface area (Å²) < 4.78 is 10.5. The van der Waals surface area contributed by atoms with Crippen LogP contribution in [0.3, 0.4) is 0 Å². The van der Waals surface area contributed by atoms with Crippen molar-refractivity contribution in [3.63, 3.8) is 0 Å². The van der Waals surface area contributed by atoms with E-state index >= 15 is 0 Å². The Labute approximate surface area is 171 Å². The molecular weight excluding hydrogens is 370 g/mol. The van der Waals surface area contributed by atoms with Crippen LogP contribution >= 0.6 is 0 Å². The number of ether oxygens (including phenoxy) is 2. The molecule has 2 amide bonds. The van der Waals surface area contributed by atoms with E-state index in [1.165, 1.54) is 0 Å². The molecule has 154 valence electrons. The SMILES string of the molecule is COc1cc(NC(=O)CN2CCC[C@@H](C(=O)Nc3ccccc3)C2)cc(OC)c1. The molecule has 3 rings (SSSR count). The van der Waals surface area contributed by atoms with E-state index in [-0.39, 0.29) is 24.3 Å². The molecule has 2 aromatic rings. The molecule has 1 fully saturated rings. The van der Waals surface area contributed by atoms with Crippen molar-refractivity contribution in [1.82, 2.24) is 4.90 Å². The number of rotatable bonds is 7. The van der Waals surface area contributed by atoms with Gasteiger partial charge < -0.3 is 20.1 Å². The van der Waals surface area contributed by atoms with Crippen LogP contribution in [0.2, 0.25) is 0 Å². The van der Waals surface area contributed by atoms with Crippen LogP contribution in [-0.2, 0) is 9.59 Å². The number of hydrogen-bond donors (Lipinski definition) is 2. The summed E-state index contributed by atoms with van der Waals surface area (Å²) in [6, 6.07) is 14.7. The Bertz CT molecular complexity index is 819. The van der Waals surface area contributed by atoms with Crippen LogP contribution in [0, 0.1) is 5.92 Å². The maximum absolute atomic E-state index is 12.6. The van der Waals surface area contributed by atoms with Gasteiger partial charge >= 0.3 is 0 Å². The van der Waals surface area contributed by atoms with Crippen LogP contribution in [0.4, 0.5) is 11.4 Å². The molecular formula is C22H27N3O4. The maximum atomic E-state index is 12.6. The second-order valence-electron chi connectivity index (χ2n) is 7.08. The summed E-state index contributed by atoms with van der Waals surface area (Å²) in [4.78, 5) is 27.1. The summed E-state index contributed by atoms with van der Waals surface area (Å²) >= 11 is 0. The summed E-state index contributed by atoms with van der Waals surface area (Å²) in [7, 11) is 3.13. The maximum Gasteiger partial charge on any atom is 0.238 e. The van der Waals surface area contributed by atoms with Gasteiger partial charge in [0.15, 0.2) is 0 Å². The first-order valence-electron chi connectivity index (χ1n) is 9.68. The highest BCUT2D eigenvalue weighted by Gasteiger charge is 2.27. The molecule has 0 aliphatic carbocycles. The molecule has 7 nitrogen and oxygen atoms in total. The van der Waals surface area contributed by atoms with E-state index in [1.807, 2.05) is 35.2 Å². The zero-order valence-electron chi connectivity index (χ0n) is 16.8. The van der Waals surface area contributed by atoms with Crippen molar-refractivity contribution in [2.45, 2.75) is 12.8 Å². The normalized spacial score (nSPS) is 16.7. The van der Waals surface area contributed by atoms with Gasteiger partial charge in [0.05, 0.1) is 26.7 Å². The average Bonchev–Trinajstić information content (AvgIpc) is 2.74. The van der Waals surface area contributed by atoms with Crippen LogP contribution in [0.1, 0.15) is 12.8 Å². The van der Waals surface area contributed by atoms with Crippen molar-refractivity contribution in [1.29, 1.82) is 0 Å². The highest BCUT2D eigenvalue weighted by molar-refractivity contribution is 5.94. The van der Waals surface area contributed by atoms with Gasteiger partial charge in [-0.25, -0.2) is 0 Å². The van der Waals surface area contributed by atoms with E-state index in [9.17, 15) is 9.59 Å². The lowest BCUT2D eigenvalue weighted by molar-refractivity contribution is -0.123. The van der Waals surface area contributed by atoms with E-state index in [1.54, 1.807) is 32.4 Å². The molecule has 0 radical (unpaired) electrons. The third kappa shape index (κ3) is 5.96. The number of benzene rings is 2. The summed E-state index contributed by atoms with van der Waals surface area (Å²) in [6.45, 7) is 1.59. The number of anilines is 2. The van der Waals surface area contributed by atoms with Gasteiger partial charge in [-0.3, -0.25) is 14.5 Å². The second-order valence-corrected chi connectivity index (χ2v) is 7.08. The van der Waals surface area contributed by atoms with Gasteiger partial charge in [-0.15, -0.1) is 0 Å². The molecule has 1 heterocycles. The van der Waals surface area contributed by atoms with Gasteiger partial charge in [0, 0.05) is 36.1 Å². The Morgan fingerprint density at radius 2 is 1.69 bits per heavy atom. The molecule has 1 saturated heterocycles. The summed E-state index contributed by atoms with van der Waals surface area (Å²) in [5.74, 6) is 0.947. The zero-order chi connectivity index (χ0) is 20.6. The van der Waals surface area contributed by atoms with E-state index in [0.29, 0.717) is 23.7 Å². The van der Waals surface area contributed by atoms with Crippen molar-refractivity contribution in [2.75, 3.05) is 44.5 Å². The summed E-state index contributed by atoms with van der Waals surface area (Å²) in [5, 5.41) is 5.84. The highest BCUT2D eigenvalue weighted by Crippen LogP contribution is 2.26. The Morgan fingerprint density at radius 3 is 2.34 bits per heavy atom. The largest absolute Gasteiger partial charge is 0.497 e. The number of nitrogens with one attached hydrogen (secondary N) is 2. The van der Waals surface area contributed by atoms with Gasteiger partial charge in [-0.05, 0) is 31.5 Å². The van der Waals surface area contributed by atoms with E-state index in [0.717, 1.165) is 25.1 Å².